The number of aromatic nitrogens is 2. The van der Waals surface area contributed by atoms with Gasteiger partial charge < -0.3 is 5.32 Å². The van der Waals surface area contributed by atoms with Crippen LogP contribution in [-0.4, -0.2) is 15.3 Å². The highest BCUT2D eigenvalue weighted by Gasteiger charge is 2.18. The van der Waals surface area contributed by atoms with Crippen LogP contribution in [0, 0.1) is 25.5 Å². The summed E-state index contributed by atoms with van der Waals surface area (Å²) >= 11 is 0. The SMILES string of the molecule is Cc1ccn2c(C(=O)Nc3cc(F)ccc3F)c(C)nc2c1. The van der Waals surface area contributed by atoms with Crippen molar-refractivity contribution in [2.24, 2.45) is 0 Å². The van der Waals surface area contributed by atoms with Gasteiger partial charge in [0.2, 0.25) is 0 Å². The molecular weight excluding hydrogens is 288 g/mol. The Kier molecular flexibility index (Phi) is 3.36. The van der Waals surface area contributed by atoms with Crippen molar-refractivity contribution < 1.29 is 13.6 Å². The number of rotatable bonds is 2. The van der Waals surface area contributed by atoms with Crippen LogP contribution in [0.4, 0.5) is 14.5 Å². The molecule has 0 aliphatic rings. The molecule has 4 nitrogen and oxygen atoms in total. The number of fused-ring (bicyclic) bond motifs is 1. The monoisotopic (exact) mass is 301 g/mol. The van der Waals surface area contributed by atoms with Gasteiger partial charge in [-0.1, -0.05) is 0 Å². The number of aryl methyl sites for hydroxylation is 2. The van der Waals surface area contributed by atoms with Gasteiger partial charge in [-0.15, -0.1) is 0 Å². The third-order valence-corrected chi connectivity index (χ3v) is 3.35. The molecule has 6 heteroatoms. The molecule has 0 saturated carbocycles. The van der Waals surface area contributed by atoms with Crippen LogP contribution < -0.4 is 5.32 Å². The third-order valence-electron chi connectivity index (χ3n) is 3.35. The van der Waals surface area contributed by atoms with Crippen LogP contribution in [-0.2, 0) is 0 Å². The van der Waals surface area contributed by atoms with E-state index in [9.17, 15) is 13.6 Å². The summed E-state index contributed by atoms with van der Waals surface area (Å²) < 4.78 is 28.4. The molecule has 3 rings (SSSR count). The van der Waals surface area contributed by atoms with Crippen molar-refractivity contribution in [3.8, 4) is 0 Å². The number of halogens is 2. The number of carbonyl (C=O) groups excluding carboxylic acids is 1. The normalized spacial score (nSPS) is 10.9. The lowest BCUT2D eigenvalue weighted by molar-refractivity contribution is 0.102. The van der Waals surface area contributed by atoms with E-state index in [2.05, 4.69) is 10.3 Å². The summed E-state index contributed by atoms with van der Waals surface area (Å²) in [7, 11) is 0. The minimum absolute atomic E-state index is 0.202. The summed E-state index contributed by atoms with van der Waals surface area (Å²) in [6, 6.07) is 6.58. The summed E-state index contributed by atoms with van der Waals surface area (Å²) in [5, 5.41) is 2.39. The van der Waals surface area contributed by atoms with Crippen molar-refractivity contribution in [2.75, 3.05) is 5.32 Å². The van der Waals surface area contributed by atoms with Crippen LogP contribution in [0.25, 0.3) is 5.65 Å². The zero-order valence-corrected chi connectivity index (χ0v) is 12.0. The molecule has 0 aliphatic heterocycles. The second kappa shape index (κ2) is 5.22. The van der Waals surface area contributed by atoms with Crippen molar-refractivity contribution in [1.29, 1.82) is 0 Å². The van der Waals surface area contributed by atoms with Gasteiger partial charge in [-0.25, -0.2) is 13.8 Å². The highest BCUT2D eigenvalue weighted by Crippen LogP contribution is 2.19. The fourth-order valence-electron chi connectivity index (χ4n) is 2.31. The number of amides is 1. The third kappa shape index (κ3) is 2.43. The molecule has 0 spiro atoms. The van der Waals surface area contributed by atoms with Gasteiger partial charge in [0.25, 0.3) is 5.91 Å². The van der Waals surface area contributed by atoms with E-state index in [1.807, 2.05) is 19.1 Å². The lowest BCUT2D eigenvalue weighted by atomic mass is 10.2. The molecule has 112 valence electrons. The predicted octanol–water partition coefficient (Wildman–Crippen LogP) is 3.48. The molecule has 0 saturated heterocycles. The van der Waals surface area contributed by atoms with Crippen LogP contribution in [0.1, 0.15) is 21.7 Å². The van der Waals surface area contributed by atoms with Gasteiger partial charge in [0, 0.05) is 12.3 Å². The largest absolute Gasteiger partial charge is 0.318 e. The van der Waals surface area contributed by atoms with E-state index >= 15 is 0 Å². The molecule has 1 N–H and O–H groups in total. The Bertz CT molecular complexity index is 886. The topological polar surface area (TPSA) is 46.4 Å². The fraction of sp³-hybridized carbons (Fsp3) is 0.125. The Morgan fingerprint density at radius 2 is 1.95 bits per heavy atom. The molecule has 2 heterocycles. The molecule has 1 aromatic carbocycles. The van der Waals surface area contributed by atoms with Crippen LogP contribution in [0.15, 0.2) is 36.5 Å². The molecule has 22 heavy (non-hydrogen) atoms. The molecule has 0 bridgehead atoms. The zero-order valence-electron chi connectivity index (χ0n) is 12.0. The van der Waals surface area contributed by atoms with Crippen LogP contribution in [0.2, 0.25) is 0 Å². The number of carbonyl (C=O) groups is 1. The number of nitrogens with zero attached hydrogens (tertiary/aromatic N) is 2. The minimum atomic E-state index is -0.697. The summed E-state index contributed by atoms with van der Waals surface area (Å²) in [6.07, 6.45) is 1.72. The van der Waals surface area contributed by atoms with Crippen molar-refractivity contribution in [3.05, 3.63) is 65.1 Å². The Balaban J connectivity index is 2.02. The molecule has 3 aromatic rings. The molecule has 0 unspecified atom stereocenters. The number of imidazole rings is 1. The van der Waals surface area contributed by atoms with Gasteiger partial charge in [-0.2, -0.15) is 0 Å². The van der Waals surface area contributed by atoms with E-state index in [0.29, 0.717) is 17.0 Å². The Morgan fingerprint density at radius 3 is 2.73 bits per heavy atom. The maximum atomic E-state index is 13.6. The quantitative estimate of drug-likeness (QED) is 0.787. The van der Waals surface area contributed by atoms with Crippen molar-refractivity contribution in [1.82, 2.24) is 9.38 Å². The molecule has 2 aromatic heterocycles. The minimum Gasteiger partial charge on any atom is -0.318 e. The lowest BCUT2D eigenvalue weighted by Gasteiger charge is -2.07. The van der Waals surface area contributed by atoms with E-state index in [0.717, 1.165) is 23.8 Å². The van der Waals surface area contributed by atoms with Gasteiger partial charge in [-0.05, 0) is 43.7 Å². The Labute approximate surface area is 125 Å². The molecule has 0 atom stereocenters. The number of nitrogens with one attached hydrogen (secondary N) is 1. The molecule has 0 fully saturated rings. The van der Waals surface area contributed by atoms with Crippen molar-refractivity contribution >= 4 is 17.2 Å². The fourth-order valence-corrected chi connectivity index (χ4v) is 2.31. The molecular formula is C16H13F2N3O. The smallest absolute Gasteiger partial charge is 0.274 e. The number of pyridine rings is 1. The van der Waals surface area contributed by atoms with Gasteiger partial charge in [0.15, 0.2) is 0 Å². The van der Waals surface area contributed by atoms with Gasteiger partial charge in [0.1, 0.15) is 23.0 Å². The predicted molar refractivity (Wildman–Crippen MR) is 79.0 cm³/mol. The Hall–Kier alpha value is -2.76. The van der Waals surface area contributed by atoms with Crippen LogP contribution >= 0.6 is 0 Å². The highest BCUT2D eigenvalue weighted by atomic mass is 19.1. The van der Waals surface area contributed by atoms with E-state index in [4.69, 9.17) is 0 Å². The van der Waals surface area contributed by atoms with Crippen LogP contribution in [0.3, 0.4) is 0 Å². The second-order valence-corrected chi connectivity index (χ2v) is 5.06. The van der Waals surface area contributed by atoms with Gasteiger partial charge in [-0.3, -0.25) is 9.20 Å². The van der Waals surface area contributed by atoms with Crippen LogP contribution in [0.5, 0.6) is 0 Å². The second-order valence-electron chi connectivity index (χ2n) is 5.06. The number of benzene rings is 1. The van der Waals surface area contributed by atoms with Crippen molar-refractivity contribution in [2.45, 2.75) is 13.8 Å². The lowest BCUT2D eigenvalue weighted by Crippen LogP contribution is -2.16. The maximum Gasteiger partial charge on any atom is 0.274 e. The zero-order chi connectivity index (χ0) is 15.9. The summed E-state index contributed by atoms with van der Waals surface area (Å²) in [6.45, 7) is 3.62. The summed E-state index contributed by atoms with van der Waals surface area (Å²) in [5.74, 6) is -1.86. The Morgan fingerprint density at radius 1 is 1.18 bits per heavy atom. The van der Waals surface area contributed by atoms with Crippen molar-refractivity contribution in [3.63, 3.8) is 0 Å². The number of anilines is 1. The maximum absolute atomic E-state index is 13.6. The average molecular weight is 301 g/mol. The first-order chi connectivity index (χ1) is 10.5. The van der Waals surface area contributed by atoms with E-state index < -0.39 is 17.5 Å². The first-order valence-corrected chi connectivity index (χ1v) is 6.67. The first-order valence-electron chi connectivity index (χ1n) is 6.67. The first kappa shape index (κ1) is 14.2. The number of hydrogen-bond acceptors (Lipinski definition) is 2. The van der Waals surface area contributed by atoms with E-state index in [1.54, 1.807) is 17.5 Å². The standard InChI is InChI=1S/C16H13F2N3O/c1-9-5-6-21-14(7-9)19-10(2)15(21)16(22)20-13-8-11(17)3-4-12(13)18/h3-8H,1-2H3,(H,20,22). The average Bonchev–Trinajstić information content (AvgIpc) is 2.77. The van der Waals surface area contributed by atoms with Gasteiger partial charge in [0.05, 0.1) is 11.4 Å². The molecule has 0 aliphatic carbocycles. The van der Waals surface area contributed by atoms with Gasteiger partial charge >= 0.3 is 0 Å². The molecule has 0 radical (unpaired) electrons. The summed E-state index contributed by atoms with van der Waals surface area (Å²) in [5.41, 5.74) is 2.24. The van der Waals surface area contributed by atoms with E-state index in [1.165, 1.54) is 0 Å². The summed E-state index contributed by atoms with van der Waals surface area (Å²) in [4.78, 5) is 16.7. The highest BCUT2D eigenvalue weighted by molar-refractivity contribution is 6.04. The molecule has 1 amide bonds. The number of hydrogen-bond donors (Lipinski definition) is 1. The van der Waals surface area contributed by atoms with E-state index in [-0.39, 0.29) is 5.69 Å².